The first kappa shape index (κ1) is 12.5. The highest BCUT2D eigenvalue weighted by Crippen LogP contribution is 2.16. The molecule has 0 aromatic rings. The zero-order valence-corrected chi connectivity index (χ0v) is 8.49. The summed E-state index contributed by atoms with van der Waals surface area (Å²) < 4.78 is 18.0. The summed E-state index contributed by atoms with van der Waals surface area (Å²) in [5.41, 5.74) is 0. The van der Waals surface area contributed by atoms with E-state index in [4.69, 9.17) is 5.11 Å². The highest BCUT2D eigenvalue weighted by Gasteiger charge is 2.39. The van der Waals surface area contributed by atoms with Gasteiger partial charge in [0.25, 0.3) is 0 Å². The molecule has 16 heavy (non-hydrogen) atoms. The van der Waals surface area contributed by atoms with E-state index in [9.17, 15) is 14.7 Å². The number of carbonyl (C=O) groups is 2. The van der Waals surface area contributed by atoms with Gasteiger partial charge in [0.15, 0.2) is 12.2 Å². The Morgan fingerprint density at radius 1 is 1.69 bits per heavy atom. The van der Waals surface area contributed by atoms with Gasteiger partial charge < -0.3 is 29.2 Å². The lowest BCUT2D eigenvalue weighted by Crippen LogP contribution is -2.44. The molecule has 92 valence electrons. The van der Waals surface area contributed by atoms with E-state index >= 15 is 0 Å². The van der Waals surface area contributed by atoms with Crippen LogP contribution in [0.15, 0.2) is 0 Å². The molecule has 0 aliphatic carbocycles. The molecule has 2 N–H and O–H groups in total. The standard InChI is InChI=1S/C8H12O8/c1-13-7(11)16-6(4(10)2-9)5-3-14-8(12)15-5/h4-6,9-10H,2-3H2,1H3. The summed E-state index contributed by atoms with van der Waals surface area (Å²) in [7, 11) is 1.09. The van der Waals surface area contributed by atoms with Gasteiger partial charge in [-0.05, 0) is 0 Å². The number of carbonyl (C=O) groups excluding carboxylic acids is 2. The molecule has 0 saturated carbocycles. The van der Waals surface area contributed by atoms with Gasteiger partial charge in [-0.25, -0.2) is 9.59 Å². The predicted octanol–water partition coefficient (Wildman–Crippen LogP) is -0.973. The number of hydrogen-bond donors (Lipinski definition) is 2. The Hall–Kier alpha value is -1.54. The topological polar surface area (TPSA) is 112 Å². The van der Waals surface area contributed by atoms with Crippen molar-refractivity contribution in [1.29, 1.82) is 0 Å². The summed E-state index contributed by atoms with van der Waals surface area (Å²) in [5.74, 6) is 0. The van der Waals surface area contributed by atoms with E-state index in [0.717, 1.165) is 7.11 Å². The van der Waals surface area contributed by atoms with Crippen molar-refractivity contribution in [1.82, 2.24) is 0 Å². The smallest absolute Gasteiger partial charge is 0.438 e. The van der Waals surface area contributed by atoms with Crippen molar-refractivity contribution in [2.75, 3.05) is 20.3 Å². The third-order valence-electron chi connectivity index (χ3n) is 1.94. The van der Waals surface area contributed by atoms with Crippen LogP contribution in [-0.4, -0.2) is 61.2 Å². The lowest BCUT2D eigenvalue weighted by atomic mass is 10.1. The summed E-state index contributed by atoms with van der Waals surface area (Å²) in [6.45, 7) is -0.826. The monoisotopic (exact) mass is 236 g/mol. The lowest BCUT2D eigenvalue weighted by Gasteiger charge is -2.23. The van der Waals surface area contributed by atoms with Crippen molar-refractivity contribution in [3.8, 4) is 0 Å². The van der Waals surface area contributed by atoms with Crippen LogP contribution in [0, 0.1) is 0 Å². The molecule has 0 bridgehead atoms. The Kier molecular flexibility index (Phi) is 4.32. The molecule has 3 unspecified atom stereocenters. The Labute approximate surface area is 90.7 Å². The molecule has 3 atom stereocenters. The fraction of sp³-hybridized carbons (Fsp3) is 0.750. The minimum Gasteiger partial charge on any atom is -0.438 e. The largest absolute Gasteiger partial charge is 0.508 e. The van der Waals surface area contributed by atoms with Gasteiger partial charge in [0, 0.05) is 0 Å². The van der Waals surface area contributed by atoms with E-state index in [1.54, 1.807) is 0 Å². The van der Waals surface area contributed by atoms with Gasteiger partial charge in [0.2, 0.25) is 0 Å². The van der Waals surface area contributed by atoms with Gasteiger partial charge >= 0.3 is 12.3 Å². The maximum absolute atomic E-state index is 10.9. The lowest BCUT2D eigenvalue weighted by molar-refractivity contribution is -0.0871. The maximum Gasteiger partial charge on any atom is 0.508 e. The van der Waals surface area contributed by atoms with Gasteiger partial charge in [0.05, 0.1) is 13.7 Å². The second kappa shape index (κ2) is 5.52. The molecule has 0 radical (unpaired) electrons. The fourth-order valence-corrected chi connectivity index (χ4v) is 1.17. The maximum atomic E-state index is 10.9. The molecule has 0 amide bonds. The first-order chi connectivity index (χ1) is 7.58. The average Bonchev–Trinajstić information content (AvgIpc) is 2.71. The molecule has 1 heterocycles. The fourth-order valence-electron chi connectivity index (χ4n) is 1.17. The molecule has 8 nitrogen and oxygen atoms in total. The van der Waals surface area contributed by atoms with Crippen molar-refractivity contribution in [2.24, 2.45) is 0 Å². The Balaban J connectivity index is 2.63. The second-order valence-electron chi connectivity index (χ2n) is 3.00. The third kappa shape index (κ3) is 2.97. The quantitative estimate of drug-likeness (QED) is 0.599. The Morgan fingerprint density at radius 3 is 2.81 bits per heavy atom. The van der Waals surface area contributed by atoms with Gasteiger partial charge in [-0.2, -0.15) is 0 Å². The molecule has 1 fully saturated rings. The van der Waals surface area contributed by atoms with Gasteiger partial charge in [0.1, 0.15) is 12.7 Å². The molecule has 1 saturated heterocycles. The molecule has 0 aromatic heterocycles. The van der Waals surface area contributed by atoms with Crippen LogP contribution < -0.4 is 0 Å². The minimum atomic E-state index is -1.39. The summed E-state index contributed by atoms with van der Waals surface area (Å²) in [4.78, 5) is 21.5. The highest BCUT2D eigenvalue weighted by molar-refractivity contribution is 5.62. The van der Waals surface area contributed by atoms with Crippen molar-refractivity contribution in [3.63, 3.8) is 0 Å². The van der Waals surface area contributed by atoms with Crippen LogP contribution in [-0.2, 0) is 18.9 Å². The van der Waals surface area contributed by atoms with E-state index in [-0.39, 0.29) is 6.61 Å². The van der Waals surface area contributed by atoms with Crippen molar-refractivity contribution in [2.45, 2.75) is 18.3 Å². The van der Waals surface area contributed by atoms with Gasteiger partial charge in [-0.15, -0.1) is 0 Å². The zero-order valence-electron chi connectivity index (χ0n) is 8.49. The molecule has 0 aromatic carbocycles. The summed E-state index contributed by atoms with van der Waals surface area (Å²) >= 11 is 0. The van der Waals surface area contributed by atoms with Crippen LogP contribution >= 0.6 is 0 Å². The molecule has 0 spiro atoms. The van der Waals surface area contributed by atoms with Crippen LogP contribution in [0.2, 0.25) is 0 Å². The van der Waals surface area contributed by atoms with Crippen LogP contribution in [0.5, 0.6) is 0 Å². The predicted molar refractivity (Wildman–Crippen MR) is 46.6 cm³/mol. The number of hydrogen-bond acceptors (Lipinski definition) is 8. The average molecular weight is 236 g/mol. The van der Waals surface area contributed by atoms with Gasteiger partial charge in [-0.3, -0.25) is 0 Å². The first-order valence-electron chi connectivity index (χ1n) is 4.45. The number of methoxy groups -OCH3 is 1. The molecule has 1 rings (SSSR count). The van der Waals surface area contributed by atoms with E-state index in [1.165, 1.54) is 0 Å². The normalized spacial score (nSPS) is 22.9. The van der Waals surface area contributed by atoms with Crippen LogP contribution in [0.3, 0.4) is 0 Å². The third-order valence-corrected chi connectivity index (χ3v) is 1.94. The molecule has 1 aliphatic rings. The van der Waals surface area contributed by atoms with Crippen molar-refractivity contribution >= 4 is 12.3 Å². The highest BCUT2D eigenvalue weighted by atomic mass is 16.8. The number of aliphatic hydroxyl groups is 2. The summed E-state index contributed by atoms with van der Waals surface area (Å²) in [6, 6.07) is 0. The van der Waals surface area contributed by atoms with Gasteiger partial charge in [-0.1, -0.05) is 0 Å². The van der Waals surface area contributed by atoms with E-state index in [2.05, 4.69) is 18.9 Å². The van der Waals surface area contributed by atoms with Crippen molar-refractivity contribution < 1.29 is 38.7 Å². The van der Waals surface area contributed by atoms with Crippen LogP contribution in [0.1, 0.15) is 0 Å². The Bertz CT molecular complexity index is 265. The summed E-state index contributed by atoms with van der Waals surface area (Å²) in [5, 5.41) is 18.1. The van der Waals surface area contributed by atoms with Crippen molar-refractivity contribution in [3.05, 3.63) is 0 Å². The molecular formula is C8H12O8. The van der Waals surface area contributed by atoms with Crippen LogP contribution in [0.25, 0.3) is 0 Å². The molecule has 1 aliphatic heterocycles. The SMILES string of the molecule is COC(=O)OC(C(O)CO)C1COC(=O)O1. The van der Waals surface area contributed by atoms with Crippen LogP contribution in [0.4, 0.5) is 9.59 Å². The Morgan fingerprint density at radius 2 is 2.38 bits per heavy atom. The molecule has 8 heteroatoms. The van der Waals surface area contributed by atoms with E-state index < -0.39 is 37.2 Å². The number of aliphatic hydroxyl groups excluding tert-OH is 2. The number of cyclic esters (lactones) is 2. The number of ether oxygens (including phenoxy) is 4. The summed E-state index contributed by atoms with van der Waals surface area (Å²) in [6.07, 6.45) is -5.56. The van der Waals surface area contributed by atoms with E-state index in [1.807, 2.05) is 0 Å². The minimum absolute atomic E-state index is 0.169. The number of rotatable bonds is 4. The van der Waals surface area contributed by atoms with E-state index in [0.29, 0.717) is 0 Å². The second-order valence-corrected chi connectivity index (χ2v) is 3.00. The zero-order chi connectivity index (χ0) is 12.1. The first-order valence-corrected chi connectivity index (χ1v) is 4.45. The molecular weight excluding hydrogens is 224 g/mol.